The molecule has 1 heterocycles. The number of hydrogen-bond acceptors (Lipinski definition) is 4. The molecule has 0 radical (unpaired) electrons. The Bertz CT molecular complexity index is 1000. The highest BCUT2D eigenvalue weighted by molar-refractivity contribution is 7.14. The normalized spacial score (nSPS) is 11.7. The number of carbonyl (C=O) groups is 1. The van der Waals surface area contributed by atoms with Gasteiger partial charge in [0, 0.05) is 28.1 Å². The predicted octanol–water partition coefficient (Wildman–Crippen LogP) is 6.36. The van der Waals surface area contributed by atoms with Crippen molar-refractivity contribution in [3.8, 4) is 11.3 Å². The second kappa shape index (κ2) is 9.94. The van der Waals surface area contributed by atoms with Gasteiger partial charge in [0.25, 0.3) is 5.91 Å². The molecule has 3 aromatic rings. The fourth-order valence-corrected chi connectivity index (χ4v) is 4.22. The topological polar surface area (TPSA) is 36.4 Å². The summed E-state index contributed by atoms with van der Waals surface area (Å²) in [4.78, 5) is 22.1. The number of benzene rings is 2. The predicted molar refractivity (Wildman–Crippen MR) is 133 cm³/mol. The number of anilines is 1. The summed E-state index contributed by atoms with van der Waals surface area (Å²) in [5.41, 5.74) is 3.78. The van der Waals surface area contributed by atoms with Crippen LogP contribution in [-0.2, 0) is 5.41 Å². The van der Waals surface area contributed by atoms with Crippen molar-refractivity contribution in [2.75, 3.05) is 32.1 Å². The van der Waals surface area contributed by atoms with Crippen molar-refractivity contribution < 1.29 is 4.79 Å². The van der Waals surface area contributed by atoms with Gasteiger partial charge >= 0.3 is 0 Å². The van der Waals surface area contributed by atoms with Crippen LogP contribution >= 0.6 is 22.9 Å². The molecule has 4 nitrogen and oxygen atoms in total. The first kappa shape index (κ1) is 23.5. The average Bonchev–Trinajstić information content (AvgIpc) is 3.20. The number of carbonyl (C=O) groups excluding carboxylic acids is 1. The Morgan fingerprint density at radius 1 is 1.00 bits per heavy atom. The molecule has 2 aromatic carbocycles. The molecular formula is C25H30ClN3OS. The minimum absolute atomic E-state index is 0.0174. The van der Waals surface area contributed by atoms with Crippen LogP contribution in [0.15, 0.2) is 53.9 Å². The van der Waals surface area contributed by atoms with E-state index in [1.807, 2.05) is 68.0 Å². The summed E-state index contributed by atoms with van der Waals surface area (Å²) in [6.07, 6.45) is 0.870. The Balaban J connectivity index is 1.87. The van der Waals surface area contributed by atoms with E-state index in [0.717, 1.165) is 24.2 Å². The number of hydrogen-bond donors (Lipinski definition) is 0. The standard InChI is InChI=1S/C25H30ClN3OS/c1-25(2,3)20-11-7-19(8-12-20)23(30)29(16-6-15-28(4)5)24-27-22(17-31-24)18-9-13-21(26)14-10-18/h7-14,17H,6,15-16H2,1-5H3. The van der Waals surface area contributed by atoms with E-state index in [9.17, 15) is 4.79 Å². The SMILES string of the molecule is CN(C)CCCN(C(=O)c1ccc(C(C)(C)C)cc1)c1nc(-c2ccc(Cl)cc2)cs1. The molecular weight excluding hydrogens is 426 g/mol. The highest BCUT2D eigenvalue weighted by Crippen LogP contribution is 2.30. The van der Waals surface area contributed by atoms with Crippen LogP contribution in [0.3, 0.4) is 0 Å². The molecule has 0 aliphatic heterocycles. The molecule has 0 saturated carbocycles. The van der Waals surface area contributed by atoms with Gasteiger partial charge in [-0.25, -0.2) is 4.98 Å². The maximum absolute atomic E-state index is 13.4. The summed E-state index contributed by atoms with van der Waals surface area (Å²) < 4.78 is 0. The summed E-state index contributed by atoms with van der Waals surface area (Å²) in [6, 6.07) is 15.6. The van der Waals surface area contributed by atoms with Gasteiger partial charge in [0.2, 0.25) is 0 Å². The van der Waals surface area contributed by atoms with Gasteiger partial charge in [-0.1, -0.05) is 56.6 Å². The number of rotatable bonds is 7. The number of amides is 1. The zero-order valence-corrected chi connectivity index (χ0v) is 20.4. The van der Waals surface area contributed by atoms with Crippen LogP contribution in [0.25, 0.3) is 11.3 Å². The number of thiazole rings is 1. The van der Waals surface area contributed by atoms with Crippen molar-refractivity contribution in [2.24, 2.45) is 0 Å². The number of nitrogens with zero attached hydrogens (tertiary/aromatic N) is 3. The second-order valence-corrected chi connectivity index (χ2v) is 10.2. The minimum Gasteiger partial charge on any atom is -0.309 e. The first-order valence-corrected chi connectivity index (χ1v) is 11.7. The second-order valence-electron chi connectivity index (χ2n) is 8.96. The van der Waals surface area contributed by atoms with E-state index in [-0.39, 0.29) is 11.3 Å². The molecule has 0 saturated heterocycles. The molecule has 1 amide bonds. The van der Waals surface area contributed by atoms with E-state index in [4.69, 9.17) is 16.6 Å². The zero-order valence-electron chi connectivity index (χ0n) is 18.9. The summed E-state index contributed by atoms with van der Waals surface area (Å²) in [5.74, 6) is -0.0174. The van der Waals surface area contributed by atoms with E-state index in [1.54, 1.807) is 4.90 Å². The first-order valence-electron chi connectivity index (χ1n) is 10.4. The monoisotopic (exact) mass is 455 g/mol. The fourth-order valence-electron chi connectivity index (χ4n) is 3.24. The Morgan fingerprint density at radius 2 is 1.65 bits per heavy atom. The van der Waals surface area contributed by atoms with Gasteiger partial charge in [0.05, 0.1) is 5.69 Å². The maximum Gasteiger partial charge on any atom is 0.260 e. The lowest BCUT2D eigenvalue weighted by molar-refractivity contribution is 0.0986. The highest BCUT2D eigenvalue weighted by Gasteiger charge is 2.22. The van der Waals surface area contributed by atoms with Gasteiger partial charge in [-0.15, -0.1) is 11.3 Å². The Morgan fingerprint density at radius 3 is 2.23 bits per heavy atom. The van der Waals surface area contributed by atoms with Crippen molar-refractivity contribution in [1.82, 2.24) is 9.88 Å². The Labute approximate surface area is 194 Å². The average molecular weight is 456 g/mol. The van der Waals surface area contributed by atoms with Gasteiger partial charge in [0.15, 0.2) is 5.13 Å². The quantitative estimate of drug-likeness (QED) is 0.416. The van der Waals surface area contributed by atoms with Crippen molar-refractivity contribution in [1.29, 1.82) is 0 Å². The van der Waals surface area contributed by atoms with E-state index in [1.165, 1.54) is 16.9 Å². The van der Waals surface area contributed by atoms with Crippen molar-refractivity contribution in [3.63, 3.8) is 0 Å². The zero-order chi connectivity index (χ0) is 22.6. The number of halogens is 1. The minimum atomic E-state index is -0.0174. The lowest BCUT2D eigenvalue weighted by Gasteiger charge is -2.22. The van der Waals surface area contributed by atoms with E-state index >= 15 is 0 Å². The van der Waals surface area contributed by atoms with Gasteiger partial charge in [0.1, 0.15) is 0 Å². The van der Waals surface area contributed by atoms with Crippen LogP contribution < -0.4 is 4.90 Å². The third-order valence-electron chi connectivity index (χ3n) is 5.09. The first-order chi connectivity index (χ1) is 14.6. The largest absolute Gasteiger partial charge is 0.309 e. The van der Waals surface area contributed by atoms with Gasteiger partial charge in [-0.2, -0.15) is 0 Å². The lowest BCUT2D eigenvalue weighted by atomic mass is 9.86. The van der Waals surface area contributed by atoms with Crippen LogP contribution in [-0.4, -0.2) is 43.0 Å². The third kappa shape index (κ3) is 6.16. The molecule has 0 bridgehead atoms. The summed E-state index contributed by atoms with van der Waals surface area (Å²) in [6.45, 7) is 8.04. The molecule has 0 fully saturated rings. The van der Waals surface area contributed by atoms with Gasteiger partial charge in [-0.05, 0) is 62.3 Å². The molecule has 1 aromatic heterocycles. The molecule has 0 aliphatic carbocycles. The van der Waals surface area contributed by atoms with Crippen molar-refractivity contribution in [2.45, 2.75) is 32.6 Å². The summed E-state index contributed by atoms with van der Waals surface area (Å²) >= 11 is 7.50. The summed E-state index contributed by atoms with van der Waals surface area (Å²) in [5, 5.41) is 3.40. The summed E-state index contributed by atoms with van der Waals surface area (Å²) in [7, 11) is 4.08. The van der Waals surface area contributed by atoms with Crippen LogP contribution in [0.2, 0.25) is 5.02 Å². The van der Waals surface area contributed by atoms with Crippen LogP contribution in [0, 0.1) is 0 Å². The molecule has 0 unspecified atom stereocenters. The fraction of sp³-hybridized carbons (Fsp3) is 0.360. The molecule has 31 heavy (non-hydrogen) atoms. The third-order valence-corrected chi connectivity index (χ3v) is 6.21. The lowest BCUT2D eigenvalue weighted by Crippen LogP contribution is -2.33. The molecule has 6 heteroatoms. The van der Waals surface area contributed by atoms with Crippen LogP contribution in [0.4, 0.5) is 5.13 Å². The number of aromatic nitrogens is 1. The van der Waals surface area contributed by atoms with Crippen LogP contribution in [0.5, 0.6) is 0 Å². The van der Waals surface area contributed by atoms with Crippen LogP contribution in [0.1, 0.15) is 43.1 Å². The van der Waals surface area contributed by atoms with Gasteiger partial charge in [-0.3, -0.25) is 9.69 Å². The van der Waals surface area contributed by atoms with E-state index in [0.29, 0.717) is 22.3 Å². The molecule has 0 aliphatic rings. The molecule has 0 spiro atoms. The van der Waals surface area contributed by atoms with Crippen molar-refractivity contribution >= 4 is 34.0 Å². The van der Waals surface area contributed by atoms with E-state index < -0.39 is 0 Å². The van der Waals surface area contributed by atoms with Gasteiger partial charge < -0.3 is 4.90 Å². The highest BCUT2D eigenvalue weighted by atomic mass is 35.5. The molecule has 0 atom stereocenters. The van der Waals surface area contributed by atoms with Crippen molar-refractivity contribution in [3.05, 3.63) is 70.1 Å². The molecule has 164 valence electrons. The molecule has 3 rings (SSSR count). The maximum atomic E-state index is 13.4. The Kier molecular flexibility index (Phi) is 7.52. The smallest absolute Gasteiger partial charge is 0.260 e. The Hall–Kier alpha value is -2.21. The van der Waals surface area contributed by atoms with E-state index in [2.05, 4.69) is 25.7 Å². The molecule has 0 N–H and O–H groups in total.